The molecule has 1 aromatic rings. The average Bonchev–Trinajstić information content (AvgIpc) is 2.94. The number of hydrogen-bond donors (Lipinski definition) is 2. The minimum atomic E-state index is -1.32. The van der Waals surface area contributed by atoms with Gasteiger partial charge in [-0.05, 0) is 19.8 Å². The minimum absolute atomic E-state index is 0.00353. The van der Waals surface area contributed by atoms with Crippen LogP contribution in [0.15, 0.2) is 6.20 Å². The van der Waals surface area contributed by atoms with Crippen molar-refractivity contribution in [1.82, 2.24) is 19.9 Å². The van der Waals surface area contributed by atoms with E-state index in [2.05, 4.69) is 10.3 Å². The van der Waals surface area contributed by atoms with Crippen molar-refractivity contribution >= 4 is 11.9 Å². The highest BCUT2D eigenvalue weighted by Gasteiger charge is 2.44. The van der Waals surface area contributed by atoms with E-state index >= 15 is 0 Å². The third kappa shape index (κ3) is 2.93. The number of rotatable bonds is 4. The molecule has 1 atom stereocenters. The Morgan fingerprint density at radius 1 is 1.52 bits per heavy atom. The van der Waals surface area contributed by atoms with Gasteiger partial charge in [0.15, 0.2) is 5.60 Å². The number of morpholine rings is 1. The number of carbonyl (C=O) groups excluding carboxylic acids is 1. The topological polar surface area (TPSA) is 124 Å². The summed E-state index contributed by atoms with van der Waals surface area (Å²) < 4.78 is 7.07. The molecule has 2 aliphatic rings. The first-order chi connectivity index (χ1) is 10.9. The van der Waals surface area contributed by atoms with Crippen LogP contribution in [0.2, 0.25) is 0 Å². The van der Waals surface area contributed by atoms with Crippen molar-refractivity contribution in [3.63, 3.8) is 0 Å². The minimum Gasteiger partial charge on any atom is -0.479 e. The van der Waals surface area contributed by atoms with Crippen LogP contribution in [0.4, 0.5) is 0 Å². The Kier molecular flexibility index (Phi) is 4.07. The van der Waals surface area contributed by atoms with Crippen molar-refractivity contribution in [2.75, 3.05) is 19.7 Å². The van der Waals surface area contributed by atoms with E-state index in [1.807, 2.05) is 6.20 Å². The molecule has 0 aromatic carbocycles. The van der Waals surface area contributed by atoms with Gasteiger partial charge in [-0.15, -0.1) is 5.10 Å². The van der Waals surface area contributed by atoms with Gasteiger partial charge in [0.05, 0.1) is 31.1 Å². The van der Waals surface area contributed by atoms with Crippen LogP contribution in [0.5, 0.6) is 0 Å². The standard InChI is InChI=1S/C14H21N5O4/c1-14(13(21)22)8-18(2-3-23-14)12(20)9-4-11(5-9)19-7-10(6-15)16-17-19/h7,9,11H,2-6,8,15H2,1H3,(H,21,22). The van der Waals surface area contributed by atoms with Gasteiger partial charge in [-0.2, -0.15) is 0 Å². The van der Waals surface area contributed by atoms with E-state index in [1.165, 1.54) is 6.92 Å². The molecule has 1 aromatic heterocycles. The zero-order valence-electron chi connectivity index (χ0n) is 13.0. The molecule has 9 nitrogen and oxygen atoms in total. The predicted octanol–water partition coefficient (Wildman–Crippen LogP) is -0.610. The Morgan fingerprint density at radius 3 is 2.87 bits per heavy atom. The molecule has 9 heteroatoms. The van der Waals surface area contributed by atoms with E-state index in [9.17, 15) is 14.7 Å². The van der Waals surface area contributed by atoms with Crippen molar-refractivity contribution in [3.05, 3.63) is 11.9 Å². The smallest absolute Gasteiger partial charge is 0.337 e. The molecule has 0 radical (unpaired) electrons. The first kappa shape index (κ1) is 15.9. The van der Waals surface area contributed by atoms with Gasteiger partial charge in [-0.3, -0.25) is 4.79 Å². The fourth-order valence-electron chi connectivity index (χ4n) is 3.04. The van der Waals surface area contributed by atoms with Crippen molar-refractivity contribution in [2.24, 2.45) is 11.7 Å². The number of hydrogen-bond acceptors (Lipinski definition) is 6. The number of carboxylic acids is 1. The van der Waals surface area contributed by atoms with Gasteiger partial charge in [-0.1, -0.05) is 5.21 Å². The highest BCUT2D eigenvalue weighted by molar-refractivity contribution is 5.82. The quantitative estimate of drug-likeness (QED) is 0.757. The van der Waals surface area contributed by atoms with Gasteiger partial charge in [-0.25, -0.2) is 9.48 Å². The van der Waals surface area contributed by atoms with Crippen LogP contribution in [0.25, 0.3) is 0 Å². The van der Waals surface area contributed by atoms with Gasteiger partial charge in [0.1, 0.15) is 0 Å². The zero-order valence-corrected chi connectivity index (χ0v) is 13.0. The Balaban J connectivity index is 1.57. The maximum atomic E-state index is 12.5. The first-order valence-electron chi connectivity index (χ1n) is 7.70. The lowest BCUT2D eigenvalue weighted by atomic mass is 9.79. The molecule has 1 saturated heterocycles. The van der Waals surface area contributed by atoms with Crippen LogP contribution in [-0.2, 0) is 20.9 Å². The number of carboxylic acid groups (broad SMARTS) is 1. The van der Waals surface area contributed by atoms with Crippen molar-refractivity contribution in [3.8, 4) is 0 Å². The van der Waals surface area contributed by atoms with Crippen LogP contribution in [0.3, 0.4) is 0 Å². The second-order valence-electron chi connectivity index (χ2n) is 6.36. The van der Waals surface area contributed by atoms with Crippen molar-refractivity contribution < 1.29 is 19.4 Å². The maximum Gasteiger partial charge on any atom is 0.337 e. The molecule has 0 bridgehead atoms. The highest BCUT2D eigenvalue weighted by Crippen LogP contribution is 2.39. The molecule has 1 aliphatic carbocycles. The van der Waals surface area contributed by atoms with Crippen LogP contribution < -0.4 is 5.73 Å². The summed E-state index contributed by atoms with van der Waals surface area (Å²) in [5, 5.41) is 17.2. The molecular weight excluding hydrogens is 302 g/mol. The van der Waals surface area contributed by atoms with Gasteiger partial charge in [0, 0.05) is 19.0 Å². The van der Waals surface area contributed by atoms with Crippen molar-refractivity contribution in [2.45, 2.75) is 38.0 Å². The first-order valence-corrected chi connectivity index (χ1v) is 7.70. The summed E-state index contributed by atoms with van der Waals surface area (Å²) in [6.07, 6.45) is 3.18. The summed E-state index contributed by atoms with van der Waals surface area (Å²) in [5.41, 5.74) is 4.92. The number of amides is 1. The lowest BCUT2D eigenvalue weighted by Crippen LogP contribution is -2.58. The van der Waals surface area contributed by atoms with E-state index < -0.39 is 11.6 Å². The van der Waals surface area contributed by atoms with Gasteiger partial charge < -0.3 is 20.5 Å². The van der Waals surface area contributed by atoms with E-state index in [0.717, 1.165) is 5.69 Å². The number of carbonyl (C=O) groups is 2. The Hall–Kier alpha value is -2.00. The molecule has 2 fully saturated rings. The molecule has 0 spiro atoms. The molecule has 1 saturated carbocycles. The molecule has 2 heterocycles. The molecular formula is C14H21N5O4. The summed E-state index contributed by atoms with van der Waals surface area (Å²) in [6, 6.07) is 0.156. The monoisotopic (exact) mass is 323 g/mol. The number of nitrogens with zero attached hydrogens (tertiary/aromatic N) is 4. The fraction of sp³-hybridized carbons (Fsp3) is 0.714. The van der Waals surface area contributed by atoms with Gasteiger partial charge >= 0.3 is 5.97 Å². The summed E-state index contributed by atoms with van der Waals surface area (Å²) >= 11 is 0. The number of nitrogens with two attached hydrogens (primary N) is 1. The Bertz CT molecular complexity index is 612. The zero-order chi connectivity index (χ0) is 16.6. The highest BCUT2D eigenvalue weighted by atomic mass is 16.5. The molecule has 1 amide bonds. The SMILES string of the molecule is CC1(C(=O)O)CN(C(=O)C2CC(n3cc(CN)nn3)C2)CCO1. The van der Waals surface area contributed by atoms with Crippen LogP contribution in [0.1, 0.15) is 31.5 Å². The summed E-state index contributed by atoms with van der Waals surface area (Å²) in [7, 11) is 0. The van der Waals surface area contributed by atoms with Crippen LogP contribution in [0, 0.1) is 5.92 Å². The predicted molar refractivity (Wildman–Crippen MR) is 78.2 cm³/mol. The summed E-state index contributed by atoms with van der Waals surface area (Å²) in [4.78, 5) is 25.4. The van der Waals surface area contributed by atoms with Crippen molar-refractivity contribution in [1.29, 1.82) is 0 Å². The van der Waals surface area contributed by atoms with E-state index in [-0.39, 0.29) is 31.0 Å². The van der Waals surface area contributed by atoms with E-state index in [4.69, 9.17) is 10.5 Å². The lowest BCUT2D eigenvalue weighted by molar-refractivity contribution is -0.179. The second-order valence-corrected chi connectivity index (χ2v) is 6.36. The molecule has 23 heavy (non-hydrogen) atoms. The van der Waals surface area contributed by atoms with E-state index in [0.29, 0.717) is 25.9 Å². The fourth-order valence-corrected chi connectivity index (χ4v) is 3.04. The summed E-state index contributed by atoms with van der Waals surface area (Å²) in [6.45, 7) is 2.61. The van der Waals surface area contributed by atoms with Gasteiger partial charge in [0.2, 0.25) is 5.91 Å². The number of ether oxygens (including phenoxy) is 1. The summed E-state index contributed by atoms with van der Waals surface area (Å²) in [5.74, 6) is -1.14. The normalized spacial score (nSPS) is 30.8. The molecule has 3 rings (SSSR count). The Labute approximate surface area is 133 Å². The van der Waals surface area contributed by atoms with Crippen LogP contribution in [-0.4, -0.2) is 62.2 Å². The largest absolute Gasteiger partial charge is 0.479 e. The Morgan fingerprint density at radius 2 is 2.26 bits per heavy atom. The number of aliphatic carboxylic acids is 1. The second kappa shape index (κ2) is 5.89. The van der Waals surface area contributed by atoms with E-state index in [1.54, 1.807) is 9.58 Å². The van der Waals surface area contributed by atoms with Crippen LogP contribution >= 0.6 is 0 Å². The number of aromatic nitrogens is 3. The average molecular weight is 323 g/mol. The molecule has 3 N–H and O–H groups in total. The lowest BCUT2D eigenvalue weighted by Gasteiger charge is -2.42. The third-order valence-corrected chi connectivity index (χ3v) is 4.64. The molecule has 1 aliphatic heterocycles. The molecule has 126 valence electrons. The van der Waals surface area contributed by atoms with Gasteiger partial charge in [0.25, 0.3) is 0 Å². The molecule has 1 unspecified atom stereocenters. The third-order valence-electron chi connectivity index (χ3n) is 4.64. The maximum absolute atomic E-state index is 12.5.